The van der Waals surface area contributed by atoms with Gasteiger partial charge in [-0.1, -0.05) is 12.1 Å². The summed E-state index contributed by atoms with van der Waals surface area (Å²) in [6.45, 7) is -0.0916. The molecule has 0 atom stereocenters. The summed E-state index contributed by atoms with van der Waals surface area (Å²) in [5, 5.41) is 2.64. The number of sulfonamides is 1. The number of para-hydroxylation sites is 2. The molecule has 1 aromatic rings. The minimum Gasteiger partial charge on any atom is -0.384 e. The van der Waals surface area contributed by atoms with Crippen molar-refractivity contribution in [2.24, 2.45) is 0 Å². The summed E-state index contributed by atoms with van der Waals surface area (Å²) in [6, 6.07) is 6.81. The highest BCUT2D eigenvalue weighted by atomic mass is 32.2. The summed E-state index contributed by atoms with van der Waals surface area (Å²) in [6.07, 6.45) is 0. The zero-order valence-electron chi connectivity index (χ0n) is 9.92. The lowest BCUT2D eigenvalue weighted by atomic mass is 10.2. The zero-order valence-corrected chi connectivity index (χ0v) is 10.7. The molecule has 2 rings (SSSR count). The SMILES string of the molecule is COCCS(=O)(=O)N1CC(=O)Nc2ccccc21. The predicted octanol–water partition coefficient (Wildman–Crippen LogP) is 0.421. The van der Waals surface area contributed by atoms with Gasteiger partial charge in [0.1, 0.15) is 6.54 Å². The van der Waals surface area contributed by atoms with Crippen molar-refractivity contribution in [2.45, 2.75) is 0 Å². The van der Waals surface area contributed by atoms with Crippen molar-refractivity contribution in [3.63, 3.8) is 0 Å². The van der Waals surface area contributed by atoms with Crippen LogP contribution in [0, 0.1) is 0 Å². The summed E-state index contributed by atoms with van der Waals surface area (Å²) in [4.78, 5) is 11.5. The van der Waals surface area contributed by atoms with E-state index in [1.807, 2.05) is 0 Å². The van der Waals surface area contributed by atoms with Gasteiger partial charge in [0.15, 0.2) is 0 Å². The molecule has 1 N–H and O–H groups in total. The third kappa shape index (κ3) is 2.46. The van der Waals surface area contributed by atoms with E-state index in [0.717, 1.165) is 4.31 Å². The molecule has 1 aromatic carbocycles. The second-order valence-electron chi connectivity index (χ2n) is 3.88. The largest absolute Gasteiger partial charge is 0.384 e. The number of ether oxygens (including phenoxy) is 1. The molecular weight excluding hydrogens is 256 g/mol. The number of benzene rings is 1. The van der Waals surface area contributed by atoms with Crippen LogP contribution >= 0.6 is 0 Å². The molecule has 1 heterocycles. The summed E-state index contributed by atoms with van der Waals surface area (Å²) in [7, 11) is -2.11. The molecule has 6 nitrogen and oxygen atoms in total. The summed E-state index contributed by atoms with van der Waals surface area (Å²) in [5.74, 6) is -0.486. The van der Waals surface area contributed by atoms with Crippen molar-refractivity contribution in [2.75, 3.05) is 35.6 Å². The maximum Gasteiger partial charge on any atom is 0.245 e. The first-order chi connectivity index (χ1) is 8.54. The Hall–Kier alpha value is -1.60. The van der Waals surface area contributed by atoms with Gasteiger partial charge in [-0.3, -0.25) is 9.10 Å². The molecule has 0 fully saturated rings. The number of fused-ring (bicyclic) bond motifs is 1. The third-order valence-electron chi connectivity index (χ3n) is 2.62. The monoisotopic (exact) mass is 270 g/mol. The number of nitrogens with one attached hydrogen (secondary N) is 1. The van der Waals surface area contributed by atoms with Crippen LogP contribution in [0.25, 0.3) is 0 Å². The van der Waals surface area contributed by atoms with Gasteiger partial charge < -0.3 is 10.1 Å². The lowest BCUT2D eigenvalue weighted by Crippen LogP contribution is -2.43. The van der Waals surface area contributed by atoms with Gasteiger partial charge >= 0.3 is 0 Å². The smallest absolute Gasteiger partial charge is 0.245 e. The van der Waals surface area contributed by atoms with E-state index in [2.05, 4.69) is 5.32 Å². The van der Waals surface area contributed by atoms with Crippen molar-refractivity contribution < 1.29 is 17.9 Å². The van der Waals surface area contributed by atoms with Crippen LogP contribution in [-0.4, -0.2) is 40.3 Å². The van der Waals surface area contributed by atoms with E-state index in [9.17, 15) is 13.2 Å². The summed E-state index contributed by atoms with van der Waals surface area (Å²) >= 11 is 0. The average Bonchev–Trinajstić information content (AvgIpc) is 2.35. The van der Waals surface area contributed by atoms with Crippen LogP contribution in [-0.2, 0) is 19.6 Å². The van der Waals surface area contributed by atoms with Gasteiger partial charge in [-0.2, -0.15) is 0 Å². The second-order valence-corrected chi connectivity index (χ2v) is 5.89. The Bertz CT molecular complexity index is 556. The van der Waals surface area contributed by atoms with Crippen LogP contribution in [0.5, 0.6) is 0 Å². The van der Waals surface area contributed by atoms with Gasteiger partial charge in [0.05, 0.1) is 23.7 Å². The molecule has 0 radical (unpaired) electrons. The van der Waals surface area contributed by atoms with E-state index in [1.54, 1.807) is 24.3 Å². The number of carbonyl (C=O) groups is 1. The normalized spacial score (nSPS) is 15.2. The van der Waals surface area contributed by atoms with Crippen LogP contribution in [0.1, 0.15) is 0 Å². The van der Waals surface area contributed by atoms with E-state index in [-0.39, 0.29) is 24.8 Å². The average molecular weight is 270 g/mol. The fourth-order valence-corrected chi connectivity index (χ4v) is 3.12. The van der Waals surface area contributed by atoms with Crippen LogP contribution < -0.4 is 9.62 Å². The topological polar surface area (TPSA) is 75.7 Å². The Morgan fingerprint density at radius 2 is 2.11 bits per heavy atom. The van der Waals surface area contributed by atoms with Crippen molar-refractivity contribution in [1.29, 1.82) is 0 Å². The first-order valence-corrected chi connectivity index (χ1v) is 7.04. The van der Waals surface area contributed by atoms with Crippen LogP contribution in [0.2, 0.25) is 0 Å². The fourth-order valence-electron chi connectivity index (χ4n) is 1.75. The molecule has 0 aromatic heterocycles. The summed E-state index contributed by atoms with van der Waals surface area (Å²) in [5.41, 5.74) is 1.00. The second kappa shape index (κ2) is 4.95. The Morgan fingerprint density at radius 3 is 2.83 bits per heavy atom. The highest BCUT2D eigenvalue weighted by molar-refractivity contribution is 7.92. The molecule has 1 aliphatic rings. The number of methoxy groups -OCH3 is 1. The molecule has 0 saturated carbocycles. The Labute approximate surface area is 106 Å². The molecule has 0 unspecified atom stereocenters. The minimum atomic E-state index is -3.54. The van der Waals surface area contributed by atoms with Crippen molar-refractivity contribution in [1.82, 2.24) is 0 Å². The standard InChI is InChI=1S/C11H14N2O4S/c1-17-6-7-18(15,16)13-8-11(14)12-9-4-2-3-5-10(9)13/h2-5H,6-8H2,1H3,(H,12,14). The molecule has 1 amide bonds. The lowest BCUT2D eigenvalue weighted by Gasteiger charge is -2.29. The maximum atomic E-state index is 12.1. The molecule has 1 aliphatic heterocycles. The number of nitrogens with zero attached hydrogens (tertiary/aromatic N) is 1. The minimum absolute atomic E-state index is 0.0998. The van der Waals surface area contributed by atoms with Crippen molar-refractivity contribution in [3.8, 4) is 0 Å². The maximum absolute atomic E-state index is 12.1. The van der Waals surface area contributed by atoms with Crippen molar-refractivity contribution >= 4 is 27.3 Å². The Morgan fingerprint density at radius 1 is 1.39 bits per heavy atom. The van der Waals surface area contributed by atoms with Crippen LogP contribution in [0.3, 0.4) is 0 Å². The quantitative estimate of drug-likeness (QED) is 0.860. The van der Waals surface area contributed by atoms with E-state index in [1.165, 1.54) is 7.11 Å². The highest BCUT2D eigenvalue weighted by Gasteiger charge is 2.30. The first-order valence-electron chi connectivity index (χ1n) is 5.43. The highest BCUT2D eigenvalue weighted by Crippen LogP contribution is 2.30. The molecule has 0 aliphatic carbocycles. The van der Waals surface area contributed by atoms with E-state index >= 15 is 0 Å². The van der Waals surface area contributed by atoms with Gasteiger partial charge in [0.2, 0.25) is 15.9 Å². The first kappa shape index (κ1) is 12.8. The summed E-state index contributed by atoms with van der Waals surface area (Å²) < 4.78 is 30.1. The third-order valence-corrected chi connectivity index (χ3v) is 4.30. The number of rotatable bonds is 4. The van der Waals surface area contributed by atoms with Gasteiger partial charge in [-0.15, -0.1) is 0 Å². The van der Waals surface area contributed by atoms with Crippen LogP contribution in [0.15, 0.2) is 24.3 Å². The fraction of sp³-hybridized carbons (Fsp3) is 0.364. The Balaban J connectivity index is 2.37. The van der Waals surface area contributed by atoms with E-state index in [0.29, 0.717) is 11.4 Å². The molecular formula is C11H14N2O4S. The predicted molar refractivity (Wildman–Crippen MR) is 68.1 cm³/mol. The number of hydrogen-bond acceptors (Lipinski definition) is 4. The van der Waals surface area contributed by atoms with Gasteiger partial charge in [-0.25, -0.2) is 8.42 Å². The zero-order chi connectivity index (χ0) is 13.2. The molecule has 98 valence electrons. The number of carbonyl (C=O) groups excluding carboxylic acids is 1. The molecule has 7 heteroatoms. The van der Waals surface area contributed by atoms with E-state index < -0.39 is 10.0 Å². The molecule has 0 saturated heterocycles. The van der Waals surface area contributed by atoms with Crippen LogP contribution in [0.4, 0.5) is 11.4 Å². The number of anilines is 2. The number of amides is 1. The van der Waals surface area contributed by atoms with Crippen molar-refractivity contribution in [3.05, 3.63) is 24.3 Å². The molecule has 18 heavy (non-hydrogen) atoms. The van der Waals surface area contributed by atoms with Gasteiger partial charge in [0, 0.05) is 7.11 Å². The van der Waals surface area contributed by atoms with E-state index in [4.69, 9.17) is 4.74 Å². The lowest BCUT2D eigenvalue weighted by molar-refractivity contribution is -0.115. The molecule has 0 bridgehead atoms. The Kier molecular flexibility index (Phi) is 3.53. The number of hydrogen-bond donors (Lipinski definition) is 1. The van der Waals surface area contributed by atoms with Gasteiger partial charge in [0.25, 0.3) is 0 Å². The van der Waals surface area contributed by atoms with Gasteiger partial charge in [-0.05, 0) is 12.1 Å². The molecule has 0 spiro atoms.